The van der Waals surface area contributed by atoms with Gasteiger partial charge in [0.25, 0.3) is 0 Å². The fourth-order valence-corrected chi connectivity index (χ4v) is 6.91. The van der Waals surface area contributed by atoms with Crippen LogP contribution in [0.25, 0.3) is 54.1 Å². The Morgan fingerprint density at radius 2 is 1.17 bits per heavy atom. The van der Waals surface area contributed by atoms with Gasteiger partial charge >= 0.3 is 0 Å². The fourth-order valence-electron chi connectivity index (χ4n) is 5.19. The molecule has 0 N–H and O–H groups in total. The molecular weight excluding hydrogens is 380 g/mol. The molecule has 0 saturated heterocycles. The second-order valence-electron chi connectivity index (χ2n) is 9.76. The maximum atomic E-state index is 2.42. The van der Waals surface area contributed by atoms with Crippen LogP contribution >= 0.6 is 0 Å². The van der Waals surface area contributed by atoms with Crippen LogP contribution in [0.2, 0.25) is 19.6 Å². The van der Waals surface area contributed by atoms with Crippen LogP contribution in [0.5, 0.6) is 0 Å². The van der Waals surface area contributed by atoms with Crippen LogP contribution in [0.3, 0.4) is 0 Å². The minimum absolute atomic E-state index is 1.28. The summed E-state index contributed by atoms with van der Waals surface area (Å²) in [5.41, 5.74) is 2.62. The van der Waals surface area contributed by atoms with Crippen molar-refractivity contribution >= 4 is 67.5 Å². The topological polar surface area (TPSA) is 9.86 Å². The van der Waals surface area contributed by atoms with E-state index < -0.39 is 8.07 Å². The Labute approximate surface area is 177 Å². The minimum atomic E-state index is -1.39. The molecule has 0 amide bonds. The largest absolute Gasteiger partial charge is 0.352 e. The second kappa shape index (κ2) is 5.76. The maximum absolute atomic E-state index is 2.42. The van der Waals surface area contributed by atoms with E-state index in [1.54, 1.807) is 0 Å². The third-order valence-electron chi connectivity index (χ3n) is 6.77. The molecule has 2 heterocycles. The van der Waals surface area contributed by atoms with Crippen LogP contribution in [0.15, 0.2) is 66.9 Å². The summed E-state index contributed by atoms with van der Waals surface area (Å²) in [4.78, 5) is 0. The molecule has 30 heavy (non-hydrogen) atoms. The lowest BCUT2D eigenvalue weighted by Gasteiger charge is -2.17. The van der Waals surface area contributed by atoms with Gasteiger partial charge in [0.15, 0.2) is 0 Å². The predicted octanol–water partition coefficient (Wildman–Crippen LogP) is 6.67. The summed E-state index contributed by atoms with van der Waals surface area (Å²) in [7, 11) is 2.96. The third-order valence-corrected chi connectivity index (χ3v) is 8.78. The van der Waals surface area contributed by atoms with Crippen molar-refractivity contribution in [2.24, 2.45) is 14.1 Å². The Morgan fingerprint density at radius 1 is 0.567 bits per heavy atom. The summed E-state index contributed by atoms with van der Waals surface area (Å²) in [6.07, 6.45) is 2.14. The van der Waals surface area contributed by atoms with Crippen LogP contribution in [0, 0.1) is 0 Å². The van der Waals surface area contributed by atoms with E-state index in [0.717, 1.165) is 0 Å². The molecule has 0 atom stereocenters. The smallest absolute Gasteiger partial charge is 0.0984 e. The lowest BCUT2D eigenvalue weighted by atomic mass is 9.96. The molecule has 0 radical (unpaired) electrons. The van der Waals surface area contributed by atoms with E-state index >= 15 is 0 Å². The quantitative estimate of drug-likeness (QED) is 0.213. The van der Waals surface area contributed by atoms with E-state index in [1.165, 1.54) is 59.4 Å². The van der Waals surface area contributed by atoms with Gasteiger partial charge in [0.1, 0.15) is 0 Å². The van der Waals surface area contributed by atoms with Gasteiger partial charge in [0, 0.05) is 47.4 Å². The van der Waals surface area contributed by atoms with E-state index in [4.69, 9.17) is 0 Å². The van der Waals surface area contributed by atoms with Gasteiger partial charge in [0.05, 0.1) is 8.07 Å². The van der Waals surface area contributed by atoms with Crippen molar-refractivity contribution in [3.8, 4) is 0 Å². The highest BCUT2D eigenvalue weighted by Crippen LogP contribution is 2.35. The van der Waals surface area contributed by atoms with Crippen molar-refractivity contribution in [2.45, 2.75) is 19.6 Å². The van der Waals surface area contributed by atoms with Crippen LogP contribution < -0.4 is 5.32 Å². The first-order chi connectivity index (χ1) is 14.3. The molecule has 0 aliphatic heterocycles. The average Bonchev–Trinajstić information content (AvgIpc) is 3.24. The summed E-state index contributed by atoms with van der Waals surface area (Å²) in [6.45, 7) is 7.27. The molecule has 0 spiro atoms. The number of hydrogen-bond acceptors (Lipinski definition) is 0. The molecule has 6 aromatic rings. The Bertz CT molecular complexity index is 1640. The molecule has 148 valence electrons. The molecule has 4 aromatic carbocycles. The monoisotopic (exact) mass is 406 g/mol. The number of rotatable bonds is 1. The lowest BCUT2D eigenvalue weighted by molar-refractivity contribution is 0.970. The van der Waals surface area contributed by atoms with E-state index in [-0.39, 0.29) is 0 Å². The first kappa shape index (κ1) is 17.8. The van der Waals surface area contributed by atoms with Gasteiger partial charge in [-0.25, -0.2) is 0 Å². The maximum Gasteiger partial charge on any atom is 0.0984 e. The molecule has 6 rings (SSSR count). The zero-order valence-electron chi connectivity index (χ0n) is 18.2. The third kappa shape index (κ3) is 2.36. The van der Waals surface area contributed by atoms with Crippen molar-refractivity contribution in [2.75, 3.05) is 0 Å². The van der Waals surface area contributed by atoms with Crippen LogP contribution in [0.4, 0.5) is 0 Å². The van der Waals surface area contributed by atoms with Crippen molar-refractivity contribution in [3.05, 3.63) is 66.9 Å². The number of nitrogens with zero attached hydrogens (tertiary/aromatic N) is 2. The Morgan fingerprint density at radius 3 is 1.80 bits per heavy atom. The highest BCUT2D eigenvalue weighted by Gasteiger charge is 2.21. The Hall–Kier alpha value is -3.04. The van der Waals surface area contributed by atoms with Crippen LogP contribution in [0.1, 0.15) is 0 Å². The SMILES string of the molecule is Cn1ccc2cc3ccc4c5cc6c(cc([Si](C)(C)C)n6C)cc5ccc4c3cc21. The lowest BCUT2D eigenvalue weighted by Crippen LogP contribution is -2.41. The number of aromatic nitrogens is 2. The summed E-state index contributed by atoms with van der Waals surface area (Å²) in [5.74, 6) is 0. The van der Waals surface area contributed by atoms with Crippen LogP contribution in [-0.2, 0) is 14.1 Å². The highest BCUT2D eigenvalue weighted by molar-refractivity contribution is 6.88. The van der Waals surface area contributed by atoms with Gasteiger partial charge in [-0.15, -0.1) is 0 Å². The molecule has 2 aromatic heterocycles. The summed E-state index contributed by atoms with van der Waals surface area (Å²) in [5, 5.41) is 12.1. The molecular formula is C27H26N2Si. The van der Waals surface area contributed by atoms with E-state index in [1.807, 2.05) is 0 Å². The first-order valence-electron chi connectivity index (χ1n) is 10.7. The summed E-state index contributed by atoms with van der Waals surface area (Å²) < 4.78 is 4.63. The summed E-state index contributed by atoms with van der Waals surface area (Å²) in [6, 6.07) is 23.3. The number of benzene rings is 4. The fraction of sp³-hybridized carbons (Fsp3) is 0.185. The number of aryl methyl sites for hydroxylation is 2. The van der Waals surface area contributed by atoms with Gasteiger partial charge < -0.3 is 9.13 Å². The molecule has 0 saturated carbocycles. The van der Waals surface area contributed by atoms with Gasteiger partial charge in [-0.05, 0) is 68.7 Å². The minimum Gasteiger partial charge on any atom is -0.352 e. The Kier molecular flexibility index (Phi) is 3.42. The van der Waals surface area contributed by atoms with Crippen molar-refractivity contribution in [1.29, 1.82) is 0 Å². The van der Waals surface area contributed by atoms with Gasteiger partial charge in [-0.2, -0.15) is 0 Å². The van der Waals surface area contributed by atoms with Gasteiger partial charge in [-0.3, -0.25) is 0 Å². The Balaban J connectivity index is 1.73. The van der Waals surface area contributed by atoms with E-state index in [0.29, 0.717) is 0 Å². The molecule has 0 aliphatic rings. The number of fused-ring (bicyclic) bond motifs is 7. The second-order valence-corrected chi connectivity index (χ2v) is 14.8. The highest BCUT2D eigenvalue weighted by atomic mass is 28.3. The van der Waals surface area contributed by atoms with Gasteiger partial charge in [-0.1, -0.05) is 43.9 Å². The summed E-state index contributed by atoms with van der Waals surface area (Å²) >= 11 is 0. The average molecular weight is 407 g/mol. The van der Waals surface area contributed by atoms with Crippen molar-refractivity contribution in [3.63, 3.8) is 0 Å². The molecule has 0 fully saturated rings. The number of hydrogen-bond donors (Lipinski definition) is 0. The van der Waals surface area contributed by atoms with Gasteiger partial charge in [0.2, 0.25) is 0 Å². The predicted molar refractivity (Wildman–Crippen MR) is 135 cm³/mol. The van der Waals surface area contributed by atoms with E-state index in [2.05, 4.69) is 110 Å². The van der Waals surface area contributed by atoms with Crippen molar-refractivity contribution < 1.29 is 0 Å². The normalized spacial score (nSPS) is 12.8. The molecule has 3 heteroatoms. The zero-order valence-corrected chi connectivity index (χ0v) is 19.2. The standard InChI is InChI=1S/C27H26N2Si/c1-28-11-10-19-12-17-6-8-22-21(23(17)15-25(19)28)9-7-18-13-20-14-27(30(3,4)5)29(2)26(20)16-24(18)22/h6-16H,1-5H3. The first-order valence-corrected chi connectivity index (χ1v) is 14.2. The van der Waals surface area contributed by atoms with Crippen molar-refractivity contribution in [1.82, 2.24) is 9.13 Å². The molecule has 0 bridgehead atoms. The zero-order chi connectivity index (χ0) is 20.8. The van der Waals surface area contributed by atoms with Crippen LogP contribution in [-0.4, -0.2) is 17.2 Å². The molecule has 0 unspecified atom stereocenters. The molecule has 2 nitrogen and oxygen atoms in total. The molecule has 0 aliphatic carbocycles. The van der Waals surface area contributed by atoms with E-state index in [9.17, 15) is 0 Å².